The summed E-state index contributed by atoms with van der Waals surface area (Å²) in [6, 6.07) is 14.4. The SMILES string of the molecule is O=CCCN1C(=O)C(c2ccccc2)Oc2cc(Cl)ccc21. The number of benzene rings is 2. The summed E-state index contributed by atoms with van der Waals surface area (Å²) in [7, 11) is 0. The summed E-state index contributed by atoms with van der Waals surface area (Å²) in [5.74, 6) is 0.370. The number of anilines is 1. The summed E-state index contributed by atoms with van der Waals surface area (Å²) in [6.07, 6.45) is 0.351. The zero-order chi connectivity index (χ0) is 15.5. The zero-order valence-electron chi connectivity index (χ0n) is 11.7. The second-order valence-corrected chi connectivity index (χ2v) is 5.40. The van der Waals surface area contributed by atoms with E-state index in [9.17, 15) is 9.59 Å². The lowest BCUT2D eigenvalue weighted by Gasteiger charge is -2.34. The fraction of sp³-hybridized carbons (Fsp3) is 0.176. The van der Waals surface area contributed by atoms with Gasteiger partial charge in [-0.25, -0.2) is 0 Å². The maximum Gasteiger partial charge on any atom is 0.272 e. The Morgan fingerprint density at radius 3 is 2.68 bits per heavy atom. The van der Waals surface area contributed by atoms with Crippen LogP contribution in [0.3, 0.4) is 0 Å². The molecule has 5 heteroatoms. The Kier molecular flexibility index (Phi) is 4.11. The Morgan fingerprint density at radius 1 is 1.18 bits per heavy atom. The van der Waals surface area contributed by atoms with E-state index in [1.54, 1.807) is 23.1 Å². The first-order valence-corrected chi connectivity index (χ1v) is 7.34. The monoisotopic (exact) mass is 315 g/mol. The molecule has 2 aromatic rings. The van der Waals surface area contributed by atoms with Gasteiger partial charge in [0.05, 0.1) is 5.69 Å². The Labute approximate surface area is 133 Å². The highest BCUT2D eigenvalue weighted by Crippen LogP contribution is 2.40. The van der Waals surface area contributed by atoms with Gasteiger partial charge in [0.15, 0.2) is 0 Å². The normalized spacial score (nSPS) is 16.9. The van der Waals surface area contributed by atoms with Gasteiger partial charge in [-0.3, -0.25) is 4.79 Å². The minimum Gasteiger partial charge on any atom is -0.474 e. The Balaban J connectivity index is 2.02. The van der Waals surface area contributed by atoms with Crippen molar-refractivity contribution in [2.24, 2.45) is 0 Å². The number of carbonyl (C=O) groups is 2. The summed E-state index contributed by atoms with van der Waals surface area (Å²) < 4.78 is 5.86. The van der Waals surface area contributed by atoms with Crippen molar-refractivity contribution in [2.45, 2.75) is 12.5 Å². The van der Waals surface area contributed by atoms with Crippen LogP contribution in [0.2, 0.25) is 5.02 Å². The number of halogens is 1. The van der Waals surface area contributed by atoms with Gasteiger partial charge in [0.1, 0.15) is 12.0 Å². The summed E-state index contributed by atoms with van der Waals surface area (Å²) in [5, 5.41) is 0.537. The second-order valence-electron chi connectivity index (χ2n) is 4.97. The summed E-state index contributed by atoms with van der Waals surface area (Å²) in [6.45, 7) is 0.323. The molecule has 1 heterocycles. The first-order valence-electron chi connectivity index (χ1n) is 6.97. The van der Waals surface area contributed by atoms with Crippen molar-refractivity contribution >= 4 is 29.5 Å². The highest BCUT2D eigenvalue weighted by Gasteiger charge is 2.35. The predicted molar refractivity (Wildman–Crippen MR) is 84.3 cm³/mol. The number of aldehydes is 1. The van der Waals surface area contributed by atoms with E-state index in [-0.39, 0.29) is 12.3 Å². The Morgan fingerprint density at radius 2 is 1.95 bits per heavy atom. The van der Waals surface area contributed by atoms with Crippen molar-refractivity contribution in [1.29, 1.82) is 0 Å². The minimum absolute atomic E-state index is 0.178. The third-order valence-corrected chi connectivity index (χ3v) is 3.76. The summed E-state index contributed by atoms with van der Waals surface area (Å²) >= 11 is 6.02. The van der Waals surface area contributed by atoms with Crippen LogP contribution in [-0.2, 0) is 9.59 Å². The molecule has 0 spiro atoms. The van der Waals surface area contributed by atoms with E-state index < -0.39 is 6.10 Å². The van der Waals surface area contributed by atoms with E-state index in [0.29, 0.717) is 23.0 Å². The third-order valence-electron chi connectivity index (χ3n) is 3.52. The van der Waals surface area contributed by atoms with Crippen LogP contribution in [0.4, 0.5) is 5.69 Å². The van der Waals surface area contributed by atoms with E-state index in [1.807, 2.05) is 30.3 Å². The largest absolute Gasteiger partial charge is 0.474 e. The quantitative estimate of drug-likeness (QED) is 0.812. The van der Waals surface area contributed by atoms with Crippen LogP contribution in [-0.4, -0.2) is 18.7 Å². The number of carbonyl (C=O) groups excluding carboxylic acids is 2. The standard InChI is InChI=1S/C17H14ClNO3/c18-13-7-8-14-15(11-13)22-16(12-5-2-1-3-6-12)17(21)19(14)9-4-10-20/h1-3,5-8,10-11,16H,4,9H2. The maximum absolute atomic E-state index is 12.7. The first kappa shape index (κ1) is 14.6. The molecule has 0 saturated carbocycles. The molecule has 22 heavy (non-hydrogen) atoms. The molecule has 0 aliphatic carbocycles. The molecule has 0 saturated heterocycles. The van der Waals surface area contributed by atoms with Gasteiger partial charge in [-0.2, -0.15) is 0 Å². The Hall–Kier alpha value is -2.33. The lowest BCUT2D eigenvalue weighted by atomic mass is 10.1. The molecule has 0 aromatic heterocycles. The number of amides is 1. The molecule has 4 nitrogen and oxygen atoms in total. The van der Waals surface area contributed by atoms with Gasteiger partial charge < -0.3 is 14.4 Å². The smallest absolute Gasteiger partial charge is 0.272 e. The number of rotatable bonds is 4. The molecule has 0 radical (unpaired) electrons. The number of ether oxygens (including phenoxy) is 1. The van der Waals surface area contributed by atoms with Crippen LogP contribution < -0.4 is 9.64 Å². The van der Waals surface area contributed by atoms with E-state index in [2.05, 4.69) is 0 Å². The molecule has 0 bridgehead atoms. The number of nitrogens with zero attached hydrogens (tertiary/aromatic N) is 1. The van der Waals surface area contributed by atoms with Crippen molar-refractivity contribution in [2.75, 3.05) is 11.4 Å². The molecule has 1 aliphatic rings. The molecule has 112 valence electrons. The maximum atomic E-state index is 12.7. The number of hydrogen-bond acceptors (Lipinski definition) is 3. The molecule has 1 unspecified atom stereocenters. The van der Waals surface area contributed by atoms with Crippen LogP contribution in [0.1, 0.15) is 18.1 Å². The van der Waals surface area contributed by atoms with Crippen molar-refractivity contribution in [3.63, 3.8) is 0 Å². The van der Waals surface area contributed by atoms with Gasteiger partial charge in [0.2, 0.25) is 6.10 Å². The van der Waals surface area contributed by atoms with Crippen LogP contribution in [0.5, 0.6) is 5.75 Å². The van der Waals surface area contributed by atoms with Gasteiger partial charge in [-0.05, 0) is 12.1 Å². The Bertz CT molecular complexity index is 702. The topological polar surface area (TPSA) is 46.6 Å². The van der Waals surface area contributed by atoms with Gasteiger partial charge in [0, 0.05) is 29.6 Å². The van der Waals surface area contributed by atoms with E-state index in [1.165, 1.54) is 0 Å². The zero-order valence-corrected chi connectivity index (χ0v) is 12.5. The molecule has 1 amide bonds. The van der Waals surface area contributed by atoms with Gasteiger partial charge in [0.25, 0.3) is 5.91 Å². The van der Waals surface area contributed by atoms with Crippen molar-refractivity contribution in [3.05, 3.63) is 59.1 Å². The molecule has 2 aromatic carbocycles. The molecule has 1 aliphatic heterocycles. The average molecular weight is 316 g/mol. The van der Waals surface area contributed by atoms with Gasteiger partial charge in [-0.1, -0.05) is 41.9 Å². The molecule has 1 atom stereocenters. The molecule has 3 rings (SSSR count). The predicted octanol–water partition coefficient (Wildman–Crippen LogP) is 3.40. The fourth-order valence-corrected chi connectivity index (χ4v) is 2.66. The van der Waals surface area contributed by atoms with E-state index in [0.717, 1.165) is 11.8 Å². The van der Waals surface area contributed by atoms with Crippen molar-refractivity contribution in [3.8, 4) is 5.75 Å². The number of fused-ring (bicyclic) bond motifs is 1. The summed E-state index contributed by atoms with van der Waals surface area (Å²) in [4.78, 5) is 25.0. The fourth-order valence-electron chi connectivity index (χ4n) is 2.49. The molecule has 0 fully saturated rings. The van der Waals surface area contributed by atoms with Crippen LogP contribution in [0, 0.1) is 0 Å². The second kappa shape index (κ2) is 6.20. The highest BCUT2D eigenvalue weighted by atomic mass is 35.5. The minimum atomic E-state index is -0.723. The highest BCUT2D eigenvalue weighted by molar-refractivity contribution is 6.30. The molecule has 0 N–H and O–H groups in total. The lowest BCUT2D eigenvalue weighted by Crippen LogP contribution is -2.41. The van der Waals surface area contributed by atoms with Crippen LogP contribution in [0.15, 0.2) is 48.5 Å². The average Bonchev–Trinajstić information content (AvgIpc) is 2.54. The van der Waals surface area contributed by atoms with Crippen LogP contribution >= 0.6 is 11.6 Å². The van der Waals surface area contributed by atoms with Crippen molar-refractivity contribution < 1.29 is 14.3 Å². The van der Waals surface area contributed by atoms with Gasteiger partial charge in [-0.15, -0.1) is 0 Å². The van der Waals surface area contributed by atoms with E-state index in [4.69, 9.17) is 16.3 Å². The first-order chi connectivity index (χ1) is 10.7. The molecular formula is C17H14ClNO3. The van der Waals surface area contributed by atoms with Gasteiger partial charge >= 0.3 is 0 Å². The summed E-state index contributed by atoms with van der Waals surface area (Å²) in [5.41, 5.74) is 1.41. The third kappa shape index (κ3) is 2.70. The van der Waals surface area contributed by atoms with Crippen molar-refractivity contribution in [1.82, 2.24) is 0 Å². The van der Waals surface area contributed by atoms with E-state index >= 15 is 0 Å². The lowest BCUT2D eigenvalue weighted by molar-refractivity contribution is -0.126. The molecular weight excluding hydrogens is 302 g/mol. The van der Waals surface area contributed by atoms with Crippen LogP contribution in [0.25, 0.3) is 0 Å². The number of hydrogen-bond donors (Lipinski definition) is 0.